The van der Waals surface area contributed by atoms with E-state index < -0.39 is 4.92 Å². The van der Waals surface area contributed by atoms with Crippen LogP contribution >= 0.6 is 11.8 Å². The van der Waals surface area contributed by atoms with Gasteiger partial charge in [0, 0.05) is 37.5 Å². The smallest absolute Gasteiger partial charge is 0.269 e. The number of thioether (sulfide) groups is 1. The summed E-state index contributed by atoms with van der Waals surface area (Å²) in [6.07, 6.45) is 5.65. The molecule has 2 heterocycles. The lowest BCUT2D eigenvalue weighted by molar-refractivity contribution is -0.384. The highest BCUT2D eigenvalue weighted by atomic mass is 32.2. The summed E-state index contributed by atoms with van der Waals surface area (Å²) >= 11 is 1.39. The lowest BCUT2D eigenvalue weighted by atomic mass is 10.1. The van der Waals surface area contributed by atoms with Crippen LogP contribution in [-0.2, 0) is 11.4 Å². The third kappa shape index (κ3) is 6.49. The fourth-order valence-electron chi connectivity index (χ4n) is 4.56. The summed E-state index contributed by atoms with van der Waals surface area (Å²) in [7, 11) is 0. The van der Waals surface area contributed by atoms with Crippen LogP contribution in [0.4, 0.5) is 17.1 Å². The predicted octanol–water partition coefficient (Wildman–Crippen LogP) is 6.79. The van der Waals surface area contributed by atoms with E-state index in [0.29, 0.717) is 29.0 Å². The van der Waals surface area contributed by atoms with Crippen LogP contribution in [0.3, 0.4) is 0 Å². The Morgan fingerprint density at radius 2 is 1.67 bits per heavy atom. The lowest BCUT2D eigenvalue weighted by Crippen LogP contribution is -2.29. The van der Waals surface area contributed by atoms with Gasteiger partial charge in [-0.2, -0.15) is 0 Å². The minimum absolute atomic E-state index is 0.0512. The van der Waals surface area contributed by atoms with Crippen molar-refractivity contribution in [3.8, 4) is 5.75 Å². The number of carbonyl (C=O) groups excluding carboxylic acids is 1. The summed E-state index contributed by atoms with van der Waals surface area (Å²) in [4.78, 5) is 33.0. The zero-order valence-electron chi connectivity index (χ0n) is 21.8. The van der Waals surface area contributed by atoms with Gasteiger partial charge in [0.25, 0.3) is 11.6 Å². The van der Waals surface area contributed by atoms with Crippen molar-refractivity contribution in [2.24, 2.45) is 4.99 Å². The van der Waals surface area contributed by atoms with Crippen LogP contribution < -0.4 is 9.64 Å². The molecule has 0 atom stereocenters. The third-order valence-electron chi connectivity index (χ3n) is 6.73. The summed E-state index contributed by atoms with van der Waals surface area (Å²) in [5.41, 5.74) is 3.84. The molecule has 8 nitrogen and oxygen atoms in total. The maximum atomic E-state index is 13.1. The molecule has 0 N–H and O–H groups in total. The van der Waals surface area contributed by atoms with E-state index in [9.17, 15) is 14.9 Å². The van der Waals surface area contributed by atoms with Gasteiger partial charge >= 0.3 is 0 Å². The number of piperidine rings is 1. The van der Waals surface area contributed by atoms with Crippen LogP contribution in [0.5, 0.6) is 5.75 Å². The number of hydrogen-bond donors (Lipinski definition) is 0. The van der Waals surface area contributed by atoms with Crippen LogP contribution in [0.2, 0.25) is 0 Å². The van der Waals surface area contributed by atoms with Gasteiger partial charge in [-0.3, -0.25) is 19.8 Å². The number of carbonyl (C=O) groups is 1. The van der Waals surface area contributed by atoms with E-state index in [4.69, 9.17) is 9.73 Å². The summed E-state index contributed by atoms with van der Waals surface area (Å²) in [5, 5.41) is 11.5. The normalized spacial score (nSPS) is 17.7. The molecular formula is C30H30N4O4S. The summed E-state index contributed by atoms with van der Waals surface area (Å²) in [6, 6.07) is 22.1. The summed E-state index contributed by atoms with van der Waals surface area (Å²) < 4.78 is 5.81. The average Bonchev–Trinajstić information content (AvgIpc) is 3.26. The Balaban J connectivity index is 1.23. The molecule has 0 radical (unpaired) electrons. The molecule has 0 aromatic heterocycles. The van der Waals surface area contributed by atoms with E-state index >= 15 is 0 Å². The van der Waals surface area contributed by atoms with Crippen molar-refractivity contribution in [3.05, 3.63) is 98.9 Å². The van der Waals surface area contributed by atoms with Gasteiger partial charge in [0.15, 0.2) is 5.17 Å². The first-order chi connectivity index (χ1) is 19.0. The van der Waals surface area contributed by atoms with Crippen LogP contribution in [0.1, 0.15) is 37.3 Å². The van der Waals surface area contributed by atoms with E-state index in [1.165, 1.54) is 48.8 Å². The maximum Gasteiger partial charge on any atom is 0.269 e. The number of nitro groups is 1. The van der Waals surface area contributed by atoms with Crippen molar-refractivity contribution < 1.29 is 14.5 Å². The fourth-order valence-corrected chi connectivity index (χ4v) is 5.63. The number of aliphatic imine (C=N–C) groups is 1. The number of hydrogen-bond acceptors (Lipinski definition) is 7. The van der Waals surface area contributed by atoms with E-state index in [1.54, 1.807) is 17.0 Å². The van der Waals surface area contributed by atoms with Crippen molar-refractivity contribution >= 4 is 46.0 Å². The SMILES string of the molecule is CCN1C(=O)/C(=C/c2ccc(OCc3ccc([N+](=O)[O-])cc3)cc2)SC1=Nc1ccc(N2CCCCC2)cc1. The van der Waals surface area contributed by atoms with Gasteiger partial charge in [0.2, 0.25) is 0 Å². The minimum Gasteiger partial charge on any atom is -0.489 e. The molecule has 3 aromatic carbocycles. The summed E-state index contributed by atoms with van der Waals surface area (Å²) in [6.45, 7) is 5.00. The van der Waals surface area contributed by atoms with Gasteiger partial charge in [-0.15, -0.1) is 0 Å². The van der Waals surface area contributed by atoms with Gasteiger partial charge in [-0.25, -0.2) is 4.99 Å². The second kappa shape index (κ2) is 12.2. The number of amides is 1. The van der Waals surface area contributed by atoms with Crippen molar-refractivity contribution in [2.75, 3.05) is 24.5 Å². The number of benzene rings is 3. The number of nitrogens with zero attached hydrogens (tertiary/aromatic N) is 4. The quantitative estimate of drug-likeness (QED) is 0.177. The highest BCUT2D eigenvalue weighted by Gasteiger charge is 2.32. The molecule has 2 fully saturated rings. The highest BCUT2D eigenvalue weighted by molar-refractivity contribution is 8.18. The van der Waals surface area contributed by atoms with E-state index in [0.717, 1.165) is 29.9 Å². The van der Waals surface area contributed by atoms with Crippen molar-refractivity contribution in [2.45, 2.75) is 32.8 Å². The molecule has 0 aliphatic carbocycles. The summed E-state index contributed by atoms with van der Waals surface area (Å²) in [5.74, 6) is 0.621. The largest absolute Gasteiger partial charge is 0.489 e. The predicted molar refractivity (Wildman–Crippen MR) is 156 cm³/mol. The Morgan fingerprint density at radius 3 is 2.31 bits per heavy atom. The zero-order valence-corrected chi connectivity index (χ0v) is 22.6. The average molecular weight is 543 g/mol. The number of anilines is 1. The first kappa shape index (κ1) is 26.5. The molecule has 0 bridgehead atoms. The Morgan fingerprint density at radius 1 is 0.974 bits per heavy atom. The Kier molecular flexibility index (Phi) is 8.27. The Labute approximate surface area is 232 Å². The lowest BCUT2D eigenvalue weighted by Gasteiger charge is -2.28. The van der Waals surface area contributed by atoms with Crippen molar-refractivity contribution in [1.82, 2.24) is 4.90 Å². The Bertz CT molecular complexity index is 1380. The molecule has 39 heavy (non-hydrogen) atoms. The van der Waals surface area contributed by atoms with E-state index in [-0.39, 0.29) is 11.6 Å². The fraction of sp³-hybridized carbons (Fsp3) is 0.267. The first-order valence-corrected chi connectivity index (χ1v) is 13.9. The van der Waals surface area contributed by atoms with Gasteiger partial charge in [0.1, 0.15) is 12.4 Å². The molecular weight excluding hydrogens is 512 g/mol. The molecule has 2 saturated heterocycles. The van der Waals surface area contributed by atoms with Gasteiger partial charge < -0.3 is 9.64 Å². The molecule has 9 heteroatoms. The van der Waals surface area contributed by atoms with E-state index in [2.05, 4.69) is 17.0 Å². The van der Waals surface area contributed by atoms with Crippen LogP contribution in [0, 0.1) is 10.1 Å². The molecule has 3 aromatic rings. The molecule has 5 rings (SSSR count). The number of nitro benzene ring substituents is 1. The second-order valence-corrected chi connectivity index (χ2v) is 10.4. The molecule has 1 amide bonds. The number of rotatable bonds is 8. The van der Waals surface area contributed by atoms with Crippen molar-refractivity contribution in [1.29, 1.82) is 0 Å². The minimum atomic E-state index is -0.423. The molecule has 0 spiro atoms. The standard InChI is InChI=1S/C30H30N4O4S/c1-2-33-29(35)28(39-30(33)31-24-10-14-25(15-11-24)32-18-4-3-5-19-32)20-22-8-16-27(17-9-22)38-21-23-6-12-26(13-7-23)34(36)37/h6-17,20H,2-5,18-19,21H2,1H3/b28-20-,31-30?. The van der Waals surface area contributed by atoms with E-state index in [1.807, 2.05) is 49.4 Å². The number of non-ortho nitro benzene ring substituents is 1. The highest BCUT2D eigenvalue weighted by Crippen LogP contribution is 2.34. The Hall–Kier alpha value is -4.11. The molecule has 0 unspecified atom stereocenters. The first-order valence-electron chi connectivity index (χ1n) is 13.1. The van der Waals surface area contributed by atoms with Gasteiger partial charge in [0.05, 0.1) is 15.5 Å². The van der Waals surface area contributed by atoms with Gasteiger partial charge in [-0.1, -0.05) is 12.1 Å². The maximum absolute atomic E-state index is 13.1. The van der Waals surface area contributed by atoms with Crippen LogP contribution in [-0.4, -0.2) is 40.5 Å². The second-order valence-electron chi connectivity index (χ2n) is 9.40. The number of likely N-dealkylation sites (N-methyl/N-ethyl adjacent to an activating group) is 1. The molecule has 200 valence electrons. The van der Waals surface area contributed by atoms with Crippen LogP contribution in [0.15, 0.2) is 82.7 Å². The third-order valence-corrected chi connectivity index (χ3v) is 7.74. The van der Waals surface area contributed by atoms with Crippen LogP contribution in [0.25, 0.3) is 6.08 Å². The number of amidine groups is 1. The molecule has 0 saturated carbocycles. The zero-order chi connectivity index (χ0) is 27.2. The topological polar surface area (TPSA) is 88.3 Å². The number of ether oxygens (including phenoxy) is 1. The van der Waals surface area contributed by atoms with Crippen molar-refractivity contribution in [3.63, 3.8) is 0 Å². The van der Waals surface area contributed by atoms with Gasteiger partial charge in [-0.05, 0) is 104 Å². The molecule has 2 aliphatic rings. The monoisotopic (exact) mass is 542 g/mol. The molecule has 2 aliphatic heterocycles.